The molecule has 1 fully saturated rings. The van der Waals surface area contributed by atoms with Crippen molar-refractivity contribution in [3.05, 3.63) is 21.6 Å². The minimum atomic E-state index is -0.199. The molecule has 5 heteroatoms. The van der Waals surface area contributed by atoms with Crippen LogP contribution in [0.4, 0.5) is 5.69 Å². The van der Waals surface area contributed by atoms with E-state index in [1.165, 1.54) is 11.1 Å². The van der Waals surface area contributed by atoms with Crippen molar-refractivity contribution >= 4 is 17.3 Å². The van der Waals surface area contributed by atoms with E-state index < -0.39 is 0 Å². The summed E-state index contributed by atoms with van der Waals surface area (Å²) >= 11 is 6.12. The predicted octanol–water partition coefficient (Wildman–Crippen LogP) is 3.15. The molecule has 1 aromatic rings. The van der Waals surface area contributed by atoms with Gasteiger partial charge >= 0.3 is 0 Å². The third-order valence-electron chi connectivity index (χ3n) is 3.96. The van der Waals surface area contributed by atoms with Crippen molar-refractivity contribution in [3.63, 3.8) is 0 Å². The van der Waals surface area contributed by atoms with E-state index in [0.717, 1.165) is 19.4 Å². The van der Waals surface area contributed by atoms with Crippen molar-refractivity contribution in [3.8, 4) is 0 Å². The lowest BCUT2D eigenvalue weighted by molar-refractivity contribution is 0.542. The fraction of sp³-hybridized carbons (Fsp3) is 0.714. The Morgan fingerprint density at radius 1 is 1.58 bits per heavy atom. The third-order valence-corrected chi connectivity index (χ3v) is 4.33. The molecule has 1 N–H and O–H groups in total. The second-order valence-electron chi connectivity index (χ2n) is 6.02. The highest BCUT2D eigenvalue weighted by molar-refractivity contribution is 6.32. The summed E-state index contributed by atoms with van der Waals surface area (Å²) in [7, 11) is 0. The molecular formula is C14H22ClN3O. The first-order valence-electron chi connectivity index (χ1n) is 6.95. The van der Waals surface area contributed by atoms with Gasteiger partial charge in [0.2, 0.25) is 0 Å². The van der Waals surface area contributed by atoms with Gasteiger partial charge in [-0.1, -0.05) is 38.8 Å². The summed E-state index contributed by atoms with van der Waals surface area (Å²) in [6, 6.07) is 0. The summed E-state index contributed by atoms with van der Waals surface area (Å²) < 4.78 is 1.44. The molecule has 0 spiro atoms. The second-order valence-corrected chi connectivity index (χ2v) is 6.40. The Morgan fingerprint density at radius 2 is 2.26 bits per heavy atom. The molecule has 2 rings (SSSR count). The Labute approximate surface area is 119 Å². The van der Waals surface area contributed by atoms with Crippen molar-refractivity contribution in [2.45, 2.75) is 46.6 Å². The molecule has 0 aromatic carbocycles. The quantitative estimate of drug-likeness (QED) is 0.872. The summed E-state index contributed by atoms with van der Waals surface area (Å²) in [6.07, 6.45) is 4.85. The van der Waals surface area contributed by atoms with Crippen LogP contribution < -0.4 is 10.9 Å². The van der Waals surface area contributed by atoms with Crippen LogP contribution in [0.25, 0.3) is 0 Å². The minimum absolute atomic E-state index is 0.199. The van der Waals surface area contributed by atoms with Crippen LogP contribution in [0, 0.1) is 11.3 Å². The van der Waals surface area contributed by atoms with Gasteiger partial charge < -0.3 is 5.32 Å². The Hall–Kier alpha value is -1.03. The van der Waals surface area contributed by atoms with E-state index in [1.807, 2.05) is 0 Å². The lowest BCUT2D eigenvalue weighted by Crippen LogP contribution is -2.24. The normalized spacial score (nSPS) is 20.3. The standard InChI is InChI=1S/C14H22ClN3O/c1-4-5-6-18-13(19)12(15)11(9-17-18)16-8-10-7-14(10,2)3/h9-10,16H,4-8H2,1-3H3. The zero-order valence-corrected chi connectivity index (χ0v) is 12.6. The van der Waals surface area contributed by atoms with Crippen LogP contribution in [0.1, 0.15) is 40.0 Å². The zero-order chi connectivity index (χ0) is 14.0. The average Bonchev–Trinajstić information content (AvgIpc) is 2.98. The molecule has 1 atom stereocenters. The zero-order valence-electron chi connectivity index (χ0n) is 11.9. The van der Waals surface area contributed by atoms with Gasteiger partial charge in [-0.3, -0.25) is 4.79 Å². The fourth-order valence-electron chi connectivity index (χ4n) is 2.21. The largest absolute Gasteiger partial charge is 0.382 e. The number of halogens is 1. The Kier molecular flexibility index (Phi) is 4.19. The summed E-state index contributed by atoms with van der Waals surface area (Å²) in [4.78, 5) is 12.0. The summed E-state index contributed by atoms with van der Waals surface area (Å²) in [5.41, 5.74) is 0.875. The second kappa shape index (κ2) is 5.53. The molecule has 0 radical (unpaired) electrons. The molecule has 4 nitrogen and oxygen atoms in total. The first-order chi connectivity index (χ1) is 8.95. The topological polar surface area (TPSA) is 46.9 Å². The minimum Gasteiger partial charge on any atom is -0.382 e. The molecule has 1 saturated carbocycles. The lowest BCUT2D eigenvalue weighted by Gasteiger charge is -2.10. The Bertz CT molecular complexity index is 510. The van der Waals surface area contributed by atoms with Crippen molar-refractivity contribution in [2.75, 3.05) is 11.9 Å². The molecule has 106 valence electrons. The molecule has 1 aliphatic rings. The highest BCUT2D eigenvalue weighted by Gasteiger charge is 2.45. The van der Waals surface area contributed by atoms with Crippen LogP contribution in [0.5, 0.6) is 0 Å². The van der Waals surface area contributed by atoms with E-state index in [1.54, 1.807) is 6.20 Å². The molecule has 1 aliphatic carbocycles. The van der Waals surface area contributed by atoms with Crippen LogP contribution in [-0.4, -0.2) is 16.3 Å². The van der Waals surface area contributed by atoms with Gasteiger partial charge in [-0.2, -0.15) is 5.10 Å². The number of aryl methyl sites for hydroxylation is 1. The van der Waals surface area contributed by atoms with Crippen molar-refractivity contribution in [1.29, 1.82) is 0 Å². The average molecular weight is 284 g/mol. The molecule has 0 saturated heterocycles. The van der Waals surface area contributed by atoms with Crippen LogP contribution in [0.2, 0.25) is 5.02 Å². The van der Waals surface area contributed by atoms with E-state index in [9.17, 15) is 4.79 Å². The van der Waals surface area contributed by atoms with Crippen LogP contribution in [0.15, 0.2) is 11.0 Å². The molecular weight excluding hydrogens is 262 g/mol. The molecule has 1 aromatic heterocycles. The van der Waals surface area contributed by atoms with Crippen LogP contribution in [0.3, 0.4) is 0 Å². The van der Waals surface area contributed by atoms with E-state index >= 15 is 0 Å². The number of unbranched alkanes of at least 4 members (excludes halogenated alkanes) is 1. The number of hydrogen-bond donors (Lipinski definition) is 1. The SMILES string of the molecule is CCCCn1ncc(NCC2CC2(C)C)c(Cl)c1=O. The van der Waals surface area contributed by atoms with Crippen molar-refractivity contribution in [1.82, 2.24) is 9.78 Å². The first kappa shape index (κ1) is 14.4. The van der Waals surface area contributed by atoms with E-state index in [0.29, 0.717) is 23.6 Å². The molecule has 1 unspecified atom stereocenters. The maximum absolute atomic E-state index is 12.0. The number of hydrogen-bond acceptors (Lipinski definition) is 3. The molecule has 0 aliphatic heterocycles. The number of anilines is 1. The predicted molar refractivity (Wildman–Crippen MR) is 78.8 cm³/mol. The highest BCUT2D eigenvalue weighted by atomic mass is 35.5. The fourth-order valence-corrected chi connectivity index (χ4v) is 2.43. The van der Waals surface area contributed by atoms with Gasteiger partial charge in [0.25, 0.3) is 5.56 Å². The Balaban J connectivity index is 2.02. The number of rotatable bonds is 6. The number of nitrogens with zero attached hydrogens (tertiary/aromatic N) is 2. The van der Waals surface area contributed by atoms with Gasteiger partial charge in [0, 0.05) is 13.1 Å². The van der Waals surface area contributed by atoms with E-state index in [4.69, 9.17) is 11.6 Å². The Morgan fingerprint density at radius 3 is 2.84 bits per heavy atom. The molecule has 0 bridgehead atoms. The highest BCUT2D eigenvalue weighted by Crippen LogP contribution is 2.51. The van der Waals surface area contributed by atoms with Gasteiger partial charge in [-0.15, -0.1) is 0 Å². The maximum Gasteiger partial charge on any atom is 0.287 e. The number of nitrogens with one attached hydrogen (secondary N) is 1. The number of aromatic nitrogens is 2. The summed E-state index contributed by atoms with van der Waals surface area (Å²) in [5, 5.41) is 7.67. The molecule has 19 heavy (non-hydrogen) atoms. The van der Waals surface area contributed by atoms with Gasteiger partial charge in [-0.05, 0) is 24.2 Å². The van der Waals surface area contributed by atoms with Crippen LogP contribution >= 0.6 is 11.6 Å². The monoisotopic (exact) mass is 283 g/mol. The third kappa shape index (κ3) is 3.30. The molecule has 1 heterocycles. The maximum atomic E-state index is 12.0. The van der Waals surface area contributed by atoms with E-state index in [-0.39, 0.29) is 10.6 Å². The summed E-state index contributed by atoms with van der Waals surface area (Å²) in [5.74, 6) is 0.658. The first-order valence-corrected chi connectivity index (χ1v) is 7.33. The van der Waals surface area contributed by atoms with Gasteiger partial charge in [0.05, 0.1) is 11.9 Å². The van der Waals surface area contributed by atoms with Gasteiger partial charge in [0.15, 0.2) is 0 Å². The smallest absolute Gasteiger partial charge is 0.287 e. The summed E-state index contributed by atoms with van der Waals surface area (Å²) in [6.45, 7) is 8.07. The van der Waals surface area contributed by atoms with Gasteiger partial charge in [-0.25, -0.2) is 4.68 Å². The van der Waals surface area contributed by atoms with Crippen molar-refractivity contribution in [2.24, 2.45) is 11.3 Å². The lowest BCUT2D eigenvalue weighted by atomic mass is 10.1. The van der Waals surface area contributed by atoms with E-state index in [2.05, 4.69) is 31.2 Å². The van der Waals surface area contributed by atoms with Gasteiger partial charge in [0.1, 0.15) is 5.02 Å². The van der Waals surface area contributed by atoms with Crippen LogP contribution in [-0.2, 0) is 6.54 Å². The molecule has 0 amide bonds. The van der Waals surface area contributed by atoms with Crippen molar-refractivity contribution < 1.29 is 0 Å².